The number of anilines is 1. The number of nitrogens with zero attached hydrogens (tertiary/aromatic N) is 4. The second-order valence-electron chi connectivity index (χ2n) is 7.80. The normalized spacial score (nSPS) is 18.1. The van der Waals surface area contributed by atoms with E-state index in [1.165, 1.54) is 16.3 Å². The van der Waals surface area contributed by atoms with Crippen molar-refractivity contribution in [3.05, 3.63) is 58.4 Å². The summed E-state index contributed by atoms with van der Waals surface area (Å²) in [4.78, 5) is 28.6. The molecule has 1 aromatic heterocycles. The highest BCUT2D eigenvalue weighted by molar-refractivity contribution is 5.76. The van der Waals surface area contributed by atoms with Crippen molar-refractivity contribution in [1.82, 2.24) is 14.7 Å². The molecular formula is C22H28N4O3. The van der Waals surface area contributed by atoms with Gasteiger partial charge in [-0.25, -0.2) is 4.68 Å². The van der Waals surface area contributed by atoms with Crippen LogP contribution in [0.4, 0.5) is 5.82 Å². The standard InChI is InChI=1S/C22H28N4O3/c27-21-7-6-20(23-26(21)17-22(28)25-12-14-29-15-13-25)24-10-8-19(9-11-24)16-18-4-2-1-3-5-18/h1-7,19H,8-17H2. The van der Waals surface area contributed by atoms with Crippen LogP contribution in [0.2, 0.25) is 0 Å². The van der Waals surface area contributed by atoms with Gasteiger partial charge in [-0.2, -0.15) is 5.10 Å². The van der Waals surface area contributed by atoms with E-state index in [1.54, 1.807) is 11.0 Å². The molecule has 3 heterocycles. The molecule has 0 radical (unpaired) electrons. The van der Waals surface area contributed by atoms with Crippen LogP contribution >= 0.6 is 0 Å². The fourth-order valence-electron chi connectivity index (χ4n) is 4.07. The molecule has 2 fully saturated rings. The molecule has 0 saturated carbocycles. The molecule has 154 valence electrons. The molecule has 0 bridgehead atoms. The van der Waals surface area contributed by atoms with Gasteiger partial charge in [-0.3, -0.25) is 9.59 Å². The van der Waals surface area contributed by atoms with Crippen LogP contribution in [0.25, 0.3) is 0 Å². The summed E-state index contributed by atoms with van der Waals surface area (Å²) < 4.78 is 6.58. The Morgan fingerprint density at radius 3 is 2.45 bits per heavy atom. The van der Waals surface area contributed by atoms with Crippen LogP contribution in [-0.2, 0) is 22.5 Å². The van der Waals surface area contributed by atoms with E-state index < -0.39 is 0 Å². The van der Waals surface area contributed by atoms with Gasteiger partial charge in [-0.1, -0.05) is 30.3 Å². The summed E-state index contributed by atoms with van der Waals surface area (Å²) in [5.74, 6) is 1.36. The van der Waals surface area contributed by atoms with Crippen LogP contribution in [0.3, 0.4) is 0 Å². The Kier molecular flexibility index (Phi) is 6.24. The molecule has 0 atom stereocenters. The summed E-state index contributed by atoms with van der Waals surface area (Å²) in [6.45, 7) is 4.06. The second-order valence-corrected chi connectivity index (χ2v) is 7.80. The molecule has 4 rings (SSSR count). The number of hydrogen-bond acceptors (Lipinski definition) is 5. The number of ether oxygens (including phenoxy) is 1. The van der Waals surface area contributed by atoms with E-state index in [4.69, 9.17) is 4.74 Å². The Labute approximate surface area is 170 Å². The lowest BCUT2D eigenvalue weighted by Gasteiger charge is -2.33. The Hall–Kier alpha value is -2.67. The maximum absolute atomic E-state index is 12.5. The Balaban J connectivity index is 1.36. The Bertz CT molecular complexity index is 869. The molecule has 1 aromatic carbocycles. The van der Waals surface area contributed by atoms with Gasteiger partial charge in [-0.15, -0.1) is 0 Å². The fraction of sp³-hybridized carbons (Fsp3) is 0.500. The lowest BCUT2D eigenvalue weighted by molar-refractivity contribution is -0.136. The van der Waals surface area contributed by atoms with Crippen LogP contribution in [0, 0.1) is 5.92 Å². The molecule has 2 aliphatic rings. The van der Waals surface area contributed by atoms with E-state index >= 15 is 0 Å². The minimum Gasteiger partial charge on any atom is -0.378 e. The summed E-state index contributed by atoms with van der Waals surface area (Å²) in [5.41, 5.74) is 1.15. The molecule has 2 aliphatic heterocycles. The monoisotopic (exact) mass is 396 g/mol. The third-order valence-corrected chi connectivity index (χ3v) is 5.81. The average molecular weight is 396 g/mol. The van der Waals surface area contributed by atoms with E-state index in [2.05, 4.69) is 40.3 Å². The van der Waals surface area contributed by atoms with Gasteiger partial charge >= 0.3 is 0 Å². The summed E-state index contributed by atoms with van der Waals surface area (Å²) in [6.07, 6.45) is 3.31. The maximum Gasteiger partial charge on any atom is 0.267 e. The predicted octanol–water partition coefficient (Wildman–Crippen LogP) is 1.56. The highest BCUT2D eigenvalue weighted by Gasteiger charge is 2.22. The zero-order chi connectivity index (χ0) is 20.1. The van der Waals surface area contributed by atoms with Crippen LogP contribution in [0.15, 0.2) is 47.3 Å². The van der Waals surface area contributed by atoms with Crippen LogP contribution in [0.5, 0.6) is 0 Å². The van der Waals surface area contributed by atoms with Crippen molar-refractivity contribution in [3.8, 4) is 0 Å². The smallest absolute Gasteiger partial charge is 0.267 e. The molecule has 7 heteroatoms. The van der Waals surface area contributed by atoms with Crippen molar-refractivity contribution in [1.29, 1.82) is 0 Å². The maximum atomic E-state index is 12.5. The van der Waals surface area contributed by atoms with Crippen molar-refractivity contribution >= 4 is 11.7 Å². The molecule has 0 unspecified atom stereocenters. The van der Waals surface area contributed by atoms with Gasteiger partial charge in [0.25, 0.3) is 5.56 Å². The molecule has 0 aliphatic carbocycles. The first-order valence-corrected chi connectivity index (χ1v) is 10.4. The largest absolute Gasteiger partial charge is 0.378 e. The number of hydrogen-bond donors (Lipinski definition) is 0. The van der Waals surface area contributed by atoms with E-state index in [0.717, 1.165) is 38.2 Å². The van der Waals surface area contributed by atoms with Crippen LogP contribution in [0.1, 0.15) is 18.4 Å². The molecule has 2 aromatic rings. The molecule has 2 saturated heterocycles. The minimum absolute atomic E-state index is 0.0167. The first-order chi connectivity index (χ1) is 14.2. The van der Waals surface area contributed by atoms with Gasteiger partial charge in [0.2, 0.25) is 5.91 Å². The Morgan fingerprint density at radius 1 is 1.00 bits per heavy atom. The number of piperidine rings is 1. The second kappa shape index (κ2) is 9.22. The van der Waals surface area contributed by atoms with Gasteiger partial charge in [-0.05, 0) is 36.8 Å². The van der Waals surface area contributed by atoms with Crippen molar-refractivity contribution in [2.24, 2.45) is 5.92 Å². The van der Waals surface area contributed by atoms with Gasteiger partial charge in [0.15, 0.2) is 0 Å². The topological polar surface area (TPSA) is 67.7 Å². The lowest BCUT2D eigenvalue weighted by Crippen LogP contribution is -2.44. The summed E-state index contributed by atoms with van der Waals surface area (Å²) >= 11 is 0. The van der Waals surface area contributed by atoms with Crippen molar-refractivity contribution < 1.29 is 9.53 Å². The van der Waals surface area contributed by atoms with Crippen molar-refractivity contribution in [2.75, 3.05) is 44.3 Å². The molecular weight excluding hydrogens is 368 g/mol. The van der Waals surface area contributed by atoms with Crippen LogP contribution in [-0.4, -0.2) is 60.0 Å². The molecule has 1 amide bonds. The SMILES string of the molecule is O=C(Cn1nc(N2CCC(Cc3ccccc3)CC2)ccc1=O)N1CCOCC1. The molecule has 0 N–H and O–H groups in total. The number of carbonyl (C=O) groups is 1. The van der Waals surface area contributed by atoms with E-state index in [9.17, 15) is 9.59 Å². The van der Waals surface area contributed by atoms with E-state index in [1.807, 2.05) is 0 Å². The fourth-order valence-corrected chi connectivity index (χ4v) is 4.07. The number of benzene rings is 1. The zero-order valence-corrected chi connectivity index (χ0v) is 16.7. The van der Waals surface area contributed by atoms with Crippen molar-refractivity contribution in [3.63, 3.8) is 0 Å². The average Bonchev–Trinajstić information content (AvgIpc) is 2.77. The number of aromatic nitrogens is 2. The van der Waals surface area contributed by atoms with Gasteiger partial charge in [0, 0.05) is 32.2 Å². The summed E-state index contributed by atoms with van der Waals surface area (Å²) in [5, 5.41) is 4.49. The first-order valence-electron chi connectivity index (χ1n) is 10.4. The third-order valence-electron chi connectivity index (χ3n) is 5.81. The highest BCUT2D eigenvalue weighted by atomic mass is 16.5. The van der Waals surface area contributed by atoms with Gasteiger partial charge in [0.05, 0.1) is 13.2 Å². The zero-order valence-electron chi connectivity index (χ0n) is 16.7. The van der Waals surface area contributed by atoms with E-state index in [0.29, 0.717) is 32.2 Å². The number of carbonyl (C=O) groups excluding carboxylic acids is 1. The predicted molar refractivity (Wildman–Crippen MR) is 111 cm³/mol. The number of rotatable bonds is 5. The van der Waals surface area contributed by atoms with Crippen LogP contribution < -0.4 is 10.5 Å². The summed E-state index contributed by atoms with van der Waals surface area (Å²) in [6, 6.07) is 13.9. The summed E-state index contributed by atoms with van der Waals surface area (Å²) in [7, 11) is 0. The number of morpholine rings is 1. The molecule has 29 heavy (non-hydrogen) atoms. The first kappa shape index (κ1) is 19.6. The van der Waals surface area contributed by atoms with Gasteiger partial charge in [0.1, 0.15) is 12.4 Å². The third kappa shape index (κ3) is 5.03. The quantitative estimate of drug-likeness (QED) is 0.767. The Morgan fingerprint density at radius 2 is 1.72 bits per heavy atom. The number of amides is 1. The van der Waals surface area contributed by atoms with Crippen molar-refractivity contribution in [2.45, 2.75) is 25.8 Å². The highest BCUT2D eigenvalue weighted by Crippen LogP contribution is 2.24. The van der Waals surface area contributed by atoms with E-state index in [-0.39, 0.29) is 18.0 Å². The van der Waals surface area contributed by atoms with Gasteiger partial charge < -0.3 is 14.5 Å². The molecule has 7 nitrogen and oxygen atoms in total. The lowest BCUT2D eigenvalue weighted by atomic mass is 9.90. The molecule has 0 spiro atoms. The minimum atomic E-state index is -0.241.